The zero-order valence-electron chi connectivity index (χ0n) is 14.2. The molecule has 0 aliphatic carbocycles. The Morgan fingerprint density at radius 1 is 1.11 bits per heavy atom. The van der Waals surface area contributed by atoms with E-state index in [1.165, 1.54) is 6.26 Å². The van der Waals surface area contributed by atoms with Gasteiger partial charge in [0.15, 0.2) is 6.61 Å². The van der Waals surface area contributed by atoms with Crippen molar-refractivity contribution >= 4 is 21.9 Å². The van der Waals surface area contributed by atoms with Crippen LogP contribution < -0.4 is 10.0 Å². The summed E-state index contributed by atoms with van der Waals surface area (Å²) in [5.41, 5.74) is -0.0754. The van der Waals surface area contributed by atoms with Crippen LogP contribution in [0, 0.1) is 0 Å². The Morgan fingerprint density at radius 2 is 1.79 bits per heavy atom. The molecule has 0 unspecified atom stereocenters. The minimum atomic E-state index is -4.58. The van der Waals surface area contributed by atoms with Crippen molar-refractivity contribution in [2.24, 2.45) is 0 Å². The van der Waals surface area contributed by atoms with Crippen LogP contribution in [0.1, 0.15) is 16.1 Å². The topological polar surface area (TPSA) is 115 Å². The molecule has 152 valence electrons. The number of sulfonamides is 1. The number of rotatable bonds is 8. The molecular formula is C16H15F3N2O6S. The SMILES string of the molecule is O=C(COC(=O)c1ccc(S(=O)(=O)NCc2ccco2)cc1)NCC(F)(F)F. The molecule has 0 aliphatic heterocycles. The first-order valence-corrected chi connectivity index (χ1v) is 9.18. The maximum Gasteiger partial charge on any atom is 0.405 e. The molecule has 0 fully saturated rings. The number of hydrogen-bond donors (Lipinski definition) is 2. The van der Waals surface area contributed by atoms with Crippen molar-refractivity contribution in [3.8, 4) is 0 Å². The lowest BCUT2D eigenvalue weighted by atomic mass is 10.2. The lowest BCUT2D eigenvalue weighted by Crippen LogP contribution is -2.36. The summed E-state index contributed by atoms with van der Waals surface area (Å²) in [6, 6.07) is 7.78. The van der Waals surface area contributed by atoms with Crippen LogP contribution in [0.2, 0.25) is 0 Å². The second-order valence-electron chi connectivity index (χ2n) is 5.40. The Morgan fingerprint density at radius 3 is 2.36 bits per heavy atom. The maximum atomic E-state index is 12.2. The Balaban J connectivity index is 1.88. The standard InChI is InChI=1S/C16H15F3N2O6S/c17-16(18,19)10-20-14(22)9-27-15(23)11-3-5-13(6-4-11)28(24,25)21-8-12-2-1-7-26-12/h1-7,21H,8-10H2,(H,20,22). The van der Waals surface area contributed by atoms with Gasteiger partial charge in [0.2, 0.25) is 10.0 Å². The van der Waals surface area contributed by atoms with Crippen LogP contribution in [-0.4, -0.2) is 39.6 Å². The quantitative estimate of drug-likeness (QED) is 0.627. The molecule has 1 amide bonds. The number of hydrogen-bond acceptors (Lipinski definition) is 6. The maximum absolute atomic E-state index is 12.2. The average molecular weight is 420 g/mol. The summed E-state index contributed by atoms with van der Waals surface area (Å²) >= 11 is 0. The van der Waals surface area contributed by atoms with Gasteiger partial charge >= 0.3 is 12.1 Å². The Labute approximate surface area is 157 Å². The van der Waals surface area contributed by atoms with Crippen molar-refractivity contribution in [3.63, 3.8) is 0 Å². The van der Waals surface area contributed by atoms with Crippen molar-refractivity contribution in [2.45, 2.75) is 17.6 Å². The van der Waals surface area contributed by atoms with Gasteiger partial charge in [-0.15, -0.1) is 0 Å². The van der Waals surface area contributed by atoms with Gasteiger partial charge in [-0.2, -0.15) is 13.2 Å². The fourth-order valence-corrected chi connectivity index (χ4v) is 2.89. The molecule has 0 bridgehead atoms. The third-order valence-electron chi connectivity index (χ3n) is 3.24. The highest BCUT2D eigenvalue weighted by atomic mass is 32.2. The van der Waals surface area contributed by atoms with Crippen molar-refractivity contribution in [1.82, 2.24) is 10.0 Å². The van der Waals surface area contributed by atoms with E-state index in [4.69, 9.17) is 4.42 Å². The zero-order chi connectivity index (χ0) is 20.8. The average Bonchev–Trinajstić information content (AvgIpc) is 3.16. The van der Waals surface area contributed by atoms with E-state index in [1.807, 2.05) is 0 Å². The third-order valence-corrected chi connectivity index (χ3v) is 4.65. The number of amides is 1. The van der Waals surface area contributed by atoms with Gasteiger partial charge < -0.3 is 14.5 Å². The van der Waals surface area contributed by atoms with Crippen molar-refractivity contribution in [1.29, 1.82) is 0 Å². The number of furan rings is 1. The van der Waals surface area contributed by atoms with Gasteiger partial charge in [0.25, 0.3) is 5.91 Å². The van der Waals surface area contributed by atoms with Crippen LogP contribution in [0.4, 0.5) is 13.2 Å². The second kappa shape index (κ2) is 8.89. The minimum Gasteiger partial charge on any atom is -0.468 e. The molecule has 2 N–H and O–H groups in total. The normalized spacial score (nSPS) is 11.8. The van der Waals surface area contributed by atoms with Crippen LogP contribution in [-0.2, 0) is 26.1 Å². The van der Waals surface area contributed by atoms with Crippen molar-refractivity contribution in [3.05, 3.63) is 54.0 Å². The lowest BCUT2D eigenvalue weighted by molar-refractivity contribution is -0.140. The molecule has 0 aliphatic rings. The molecule has 1 heterocycles. The largest absolute Gasteiger partial charge is 0.468 e. The number of ether oxygens (including phenoxy) is 1. The van der Waals surface area contributed by atoms with E-state index in [0.29, 0.717) is 5.76 Å². The third kappa shape index (κ3) is 6.70. The Kier molecular flexibility index (Phi) is 6.80. The Bertz CT molecular complexity index is 909. The molecule has 2 aromatic rings. The zero-order valence-corrected chi connectivity index (χ0v) is 15.0. The van der Waals surface area contributed by atoms with E-state index in [-0.39, 0.29) is 17.0 Å². The molecule has 0 saturated carbocycles. The van der Waals surface area contributed by atoms with Crippen LogP contribution >= 0.6 is 0 Å². The van der Waals surface area contributed by atoms with E-state index in [9.17, 15) is 31.2 Å². The fraction of sp³-hybridized carbons (Fsp3) is 0.250. The summed E-state index contributed by atoms with van der Waals surface area (Å²) in [6.45, 7) is -2.51. The number of benzene rings is 1. The first kappa shape index (κ1) is 21.4. The first-order valence-electron chi connectivity index (χ1n) is 7.69. The molecule has 1 aromatic heterocycles. The molecule has 1 aromatic carbocycles. The number of alkyl halides is 3. The van der Waals surface area contributed by atoms with E-state index >= 15 is 0 Å². The number of nitrogens with one attached hydrogen (secondary N) is 2. The summed E-state index contributed by atoms with van der Waals surface area (Å²) in [6.07, 6.45) is -3.18. The van der Waals surface area contributed by atoms with E-state index in [0.717, 1.165) is 24.3 Å². The summed E-state index contributed by atoms with van der Waals surface area (Å²) in [7, 11) is -3.86. The molecule has 8 nitrogen and oxygen atoms in total. The smallest absolute Gasteiger partial charge is 0.405 e. The van der Waals surface area contributed by atoms with Crippen molar-refractivity contribution < 1.29 is 40.3 Å². The molecule has 0 spiro atoms. The van der Waals surface area contributed by atoms with E-state index < -0.39 is 41.2 Å². The van der Waals surface area contributed by atoms with Crippen molar-refractivity contribution in [2.75, 3.05) is 13.2 Å². The summed E-state index contributed by atoms with van der Waals surface area (Å²) in [4.78, 5) is 22.9. The molecule has 12 heteroatoms. The number of esters is 1. The van der Waals surface area contributed by atoms with Gasteiger partial charge in [-0.3, -0.25) is 4.79 Å². The number of carbonyl (C=O) groups is 2. The molecule has 0 saturated heterocycles. The van der Waals surface area contributed by atoms with Crippen LogP contribution in [0.3, 0.4) is 0 Å². The van der Waals surface area contributed by atoms with Gasteiger partial charge in [0, 0.05) is 0 Å². The van der Waals surface area contributed by atoms with Crippen LogP contribution in [0.15, 0.2) is 52.0 Å². The predicted molar refractivity (Wildman–Crippen MR) is 88.5 cm³/mol. The highest BCUT2D eigenvalue weighted by Gasteiger charge is 2.27. The first-order chi connectivity index (χ1) is 13.1. The highest BCUT2D eigenvalue weighted by Crippen LogP contribution is 2.13. The van der Waals surface area contributed by atoms with Crippen LogP contribution in [0.25, 0.3) is 0 Å². The lowest BCUT2D eigenvalue weighted by Gasteiger charge is -2.09. The Hall–Kier alpha value is -2.86. The van der Waals surface area contributed by atoms with Crippen LogP contribution in [0.5, 0.6) is 0 Å². The monoisotopic (exact) mass is 420 g/mol. The van der Waals surface area contributed by atoms with E-state index in [1.54, 1.807) is 17.4 Å². The number of halogens is 3. The van der Waals surface area contributed by atoms with Gasteiger partial charge in [-0.1, -0.05) is 0 Å². The summed E-state index contributed by atoms with van der Waals surface area (Å²) in [5, 5.41) is 1.55. The fourth-order valence-electron chi connectivity index (χ4n) is 1.90. The van der Waals surface area contributed by atoms with Gasteiger partial charge in [-0.25, -0.2) is 17.9 Å². The predicted octanol–water partition coefficient (Wildman–Crippen LogP) is 1.59. The van der Waals surface area contributed by atoms with Gasteiger partial charge in [0.1, 0.15) is 12.3 Å². The highest BCUT2D eigenvalue weighted by molar-refractivity contribution is 7.89. The summed E-state index contributed by atoms with van der Waals surface area (Å²) < 4.78 is 72.1. The molecular weight excluding hydrogens is 405 g/mol. The van der Waals surface area contributed by atoms with Gasteiger partial charge in [-0.05, 0) is 36.4 Å². The number of carbonyl (C=O) groups excluding carboxylic acids is 2. The van der Waals surface area contributed by atoms with Gasteiger partial charge in [0.05, 0.1) is 23.3 Å². The second-order valence-corrected chi connectivity index (χ2v) is 7.16. The summed E-state index contributed by atoms with van der Waals surface area (Å²) in [5.74, 6) is -1.70. The molecule has 0 radical (unpaired) electrons. The minimum absolute atomic E-state index is 0.0633. The molecule has 0 atom stereocenters. The molecule has 28 heavy (non-hydrogen) atoms. The molecule has 2 rings (SSSR count). The van der Waals surface area contributed by atoms with E-state index in [2.05, 4.69) is 9.46 Å².